The molecule has 1 saturated heterocycles. The van der Waals surface area contributed by atoms with E-state index >= 15 is 0 Å². The standard InChI is InChI=1S/C20H25N3O3/c1-20(2,3)14-8-6-13(7-9-14)17(24)16-15(12-23-10-11-23)21(4)19(26)22(5)18(16)25/h6-9H,10-12H2,1-5H3. The first-order valence-electron chi connectivity index (χ1n) is 8.77. The lowest BCUT2D eigenvalue weighted by Crippen LogP contribution is -2.43. The van der Waals surface area contributed by atoms with Gasteiger partial charge in [0.05, 0.1) is 5.69 Å². The van der Waals surface area contributed by atoms with Crippen LogP contribution in [0.15, 0.2) is 33.9 Å². The van der Waals surface area contributed by atoms with Crippen LogP contribution in [0.5, 0.6) is 0 Å². The predicted octanol–water partition coefficient (Wildman–Crippen LogP) is 1.43. The smallest absolute Gasteiger partial charge is 0.299 e. The van der Waals surface area contributed by atoms with Gasteiger partial charge in [0.2, 0.25) is 0 Å². The number of hydrogen-bond acceptors (Lipinski definition) is 4. The van der Waals surface area contributed by atoms with Crippen LogP contribution in [0, 0.1) is 0 Å². The van der Waals surface area contributed by atoms with E-state index in [2.05, 4.69) is 25.7 Å². The van der Waals surface area contributed by atoms with Crippen molar-refractivity contribution < 1.29 is 4.79 Å². The number of ketones is 1. The molecule has 0 radical (unpaired) electrons. The quantitative estimate of drug-likeness (QED) is 0.615. The highest BCUT2D eigenvalue weighted by atomic mass is 16.2. The lowest BCUT2D eigenvalue weighted by Gasteiger charge is -2.19. The Kier molecular flexibility index (Phi) is 4.48. The molecular formula is C20H25N3O3. The summed E-state index contributed by atoms with van der Waals surface area (Å²) in [6.45, 7) is 8.58. The first kappa shape index (κ1) is 18.3. The molecule has 26 heavy (non-hydrogen) atoms. The van der Waals surface area contributed by atoms with Gasteiger partial charge < -0.3 is 0 Å². The van der Waals surface area contributed by atoms with Crippen molar-refractivity contribution in [3.8, 4) is 0 Å². The van der Waals surface area contributed by atoms with Crippen molar-refractivity contribution in [3.05, 3.63) is 67.5 Å². The number of benzene rings is 1. The highest BCUT2D eigenvalue weighted by molar-refractivity contribution is 6.09. The van der Waals surface area contributed by atoms with Gasteiger partial charge in [-0.05, 0) is 11.0 Å². The Morgan fingerprint density at radius 3 is 2.08 bits per heavy atom. The van der Waals surface area contributed by atoms with Crippen LogP contribution in [0.3, 0.4) is 0 Å². The Hall–Kier alpha value is -2.47. The van der Waals surface area contributed by atoms with Crippen molar-refractivity contribution in [2.45, 2.75) is 32.7 Å². The number of carbonyl (C=O) groups excluding carboxylic acids is 1. The fraction of sp³-hybridized carbons (Fsp3) is 0.450. The third-order valence-corrected chi connectivity index (χ3v) is 4.94. The van der Waals surface area contributed by atoms with E-state index in [4.69, 9.17) is 0 Å². The number of hydrogen-bond donors (Lipinski definition) is 0. The third-order valence-electron chi connectivity index (χ3n) is 4.94. The summed E-state index contributed by atoms with van der Waals surface area (Å²) in [5.41, 5.74) is 1.19. The van der Waals surface area contributed by atoms with Gasteiger partial charge >= 0.3 is 5.69 Å². The van der Waals surface area contributed by atoms with Gasteiger partial charge in [0.15, 0.2) is 5.78 Å². The lowest BCUT2D eigenvalue weighted by molar-refractivity contribution is 0.103. The molecule has 0 saturated carbocycles. The van der Waals surface area contributed by atoms with Crippen LogP contribution in [0.25, 0.3) is 0 Å². The molecule has 1 fully saturated rings. The molecule has 3 rings (SSSR count). The Morgan fingerprint density at radius 2 is 1.58 bits per heavy atom. The molecule has 2 aromatic rings. The van der Waals surface area contributed by atoms with Crippen LogP contribution in [-0.4, -0.2) is 32.9 Å². The van der Waals surface area contributed by atoms with Crippen molar-refractivity contribution in [1.29, 1.82) is 0 Å². The molecular weight excluding hydrogens is 330 g/mol. The zero-order valence-corrected chi connectivity index (χ0v) is 16.0. The summed E-state index contributed by atoms with van der Waals surface area (Å²) >= 11 is 0. The SMILES string of the molecule is Cn1c(CN2CC2)c(C(=O)c2ccc(C(C)(C)C)cc2)c(=O)n(C)c1=O. The second-order valence-corrected chi connectivity index (χ2v) is 7.96. The molecule has 6 heteroatoms. The maximum atomic E-state index is 13.1. The van der Waals surface area contributed by atoms with Crippen molar-refractivity contribution >= 4 is 5.78 Å². The molecule has 2 heterocycles. The molecule has 0 bridgehead atoms. The number of carbonyl (C=O) groups is 1. The summed E-state index contributed by atoms with van der Waals surface area (Å²) in [7, 11) is 3.02. The monoisotopic (exact) mass is 355 g/mol. The Labute approximate surface area is 152 Å². The number of nitrogens with zero attached hydrogens (tertiary/aromatic N) is 3. The van der Waals surface area contributed by atoms with E-state index in [0.29, 0.717) is 17.8 Å². The highest BCUT2D eigenvalue weighted by Gasteiger charge is 2.27. The molecule has 1 aromatic carbocycles. The van der Waals surface area contributed by atoms with Gasteiger partial charge in [-0.15, -0.1) is 0 Å². The molecule has 1 aromatic heterocycles. The fourth-order valence-corrected chi connectivity index (χ4v) is 3.01. The summed E-state index contributed by atoms with van der Waals surface area (Å²) in [5, 5.41) is 0. The van der Waals surface area contributed by atoms with E-state index in [0.717, 1.165) is 23.2 Å². The number of rotatable bonds is 4. The summed E-state index contributed by atoms with van der Waals surface area (Å²) < 4.78 is 2.42. The van der Waals surface area contributed by atoms with Gasteiger partial charge in [-0.1, -0.05) is 45.0 Å². The molecule has 1 aliphatic heterocycles. The Morgan fingerprint density at radius 1 is 1.00 bits per heavy atom. The highest BCUT2D eigenvalue weighted by Crippen LogP contribution is 2.23. The molecule has 0 aliphatic carbocycles. The van der Waals surface area contributed by atoms with Gasteiger partial charge in [-0.25, -0.2) is 4.79 Å². The zero-order valence-electron chi connectivity index (χ0n) is 16.0. The second-order valence-electron chi connectivity index (χ2n) is 7.96. The van der Waals surface area contributed by atoms with Crippen molar-refractivity contribution in [3.63, 3.8) is 0 Å². The van der Waals surface area contributed by atoms with Crippen LogP contribution in [0.1, 0.15) is 48.0 Å². The first-order valence-corrected chi connectivity index (χ1v) is 8.77. The molecule has 0 spiro atoms. The topological polar surface area (TPSA) is 64.1 Å². The normalized spacial score (nSPS) is 14.5. The Balaban J connectivity index is 2.11. The molecule has 138 valence electrons. The molecule has 0 unspecified atom stereocenters. The molecule has 0 N–H and O–H groups in total. The van der Waals surface area contributed by atoms with Crippen LogP contribution < -0.4 is 11.2 Å². The minimum Gasteiger partial charge on any atom is -0.299 e. The summed E-state index contributed by atoms with van der Waals surface area (Å²) in [6, 6.07) is 7.36. The summed E-state index contributed by atoms with van der Waals surface area (Å²) in [5.74, 6) is -0.335. The predicted molar refractivity (Wildman–Crippen MR) is 101 cm³/mol. The minimum absolute atomic E-state index is 0.0151. The van der Waals surface area contributed by atoms with Crippen molar-refractivity contribution in [2.24, 2.45) is 14.1 Å². The molecule has 1 aliphatic rings. The van der Waals surface area contributed by atoms with Crippen LogP contribution in [0.4, 0.5) is 0 Å². The average Bonchev–Trinajstić information content (AvgIpc) is 3.41. The van der Waals surface area contributed by atoms with Gasteiger partial charge in [0.25, 0.3) is 5.56 Å². The van der Waals surface area contributed by atoms with E-state index < -0.39 is 11.2 Å². The summed E-state index contributed by atoms with van der Waals surface area (Å²) in [4.78, 5) is 40.2. The van der Waals surface area contributed by atoms with E-state index in [1.165, 1.54) is 11.6 Å². The molecule has 6 nitrogen and oxygen atoms in total. The third kappa shape index (κ3) is 3.29. The van der Waals surface area contributed by atoms with Crippen LogP contribution in [-0.2, 0) is 26.1 Å². The zero-order chi connectivity index (χ0) is 19.2. The largest absolute Gasteiger partial charge is 0.330 e. The van der Waals surface area contributed by atoms with E-state index in [9.17, 15) is 14.4 Å². The van der Waals surface area contributed by atoms with E-state index in [1.807, 2.05) is 12.1 Å². The Bertz CT molecular complexity index is 972. The first-order chi connectivity index (χ1) is 12.1. The lowest BCUT2D eigenvalue weighted by atomic mass is 9.86. The number of aromatic nitrogens is 2. The minimum atomic E-state index is -0.533. The van der Waals surface area contributed by atoms with Crippen LogP contribution >= 0.6 is 0 Å². The van der Waals surface area contributed by atoms with Gasteiger partial charge in [-0.3, -0.25) is 23.6 Å². The maximum absolute atomic E-state index is 13.1. The van der Waals surface area contributed by atoms with Crippen molar-refractivity contribution in [2.75, 3.05) is 13.1 Å². The summed E-state index contributed by atoms with van der Waals surface area (Å²) in [6.07, 6.45) is 0. The van der Waals surface area contributed by atoms with Gasteiger partial charge in [0, 0.05) is 39.3 Å². The average molecular weight is 355 g/mol. The molecule has 0 atom stereocenters. The fourth-order valence-electron chi connectivity index (χ4n) is 3.01. The van der Waals surface area contributed by atoms with Crippen molar-refractivity contribution in [1.82, 2.24) is 14.0 Å². The van der Waals surface area contributed by atoms with E-state index in [-0.39, 0.29) is 16.8 Å². The second kappa shape index (κ2) is 6.36. The molecule has 0 amide bonds. The van der Waals surface area contributed by atoms with Gasteiger partial charge in [-0.2, -0.15) is 0 Å². The van der Waals surface area contributed by atoms with Gasteiger partial charge in [0.1, 0.15) is 5.56 Å². The maximum Gasteiger partial charge on any atom is 0.330 e. The van der Waals surface area contributed by atoms with E-state index in [1.54, 1.807) is 19.2 Å². The van der Waals surface area contributed by atoms with Crippen LogP contribution in [0.2, 0.25) is 0 Å².